The minimum atomic E-state index is -3.18. The Morgan fingerprint density at radius 1 is 1.25 bits per heavy atom. The Morgan fingerprint density at radius 3 is 2.50 bits per heavy atom. The molecule has 1 aliphatic heterocycles. The second kappa shape index (κ2) is 3.79. The predicted octanol–water partition coefficient (Wildman–Crippen LogP) is 0.464. The quantitative estimate of drug-likeness (QED) is 0.787. The fourth-order valence-electron chi connectivity index (χ4n) is 1.61. The van der Waals surface area contributed by atoms with Crippen LogP contribution in [-0.2, 0) is 14.6 Å². The Hall–Kier alpha value is -1.56. The van der Waals surface area contributed by atoms with Crippen molar-refractivity contribution in [3.63, 3.8) is 0 Å². The molecule has 5 nitrogen and oxygen atoms in total. The van der Waals surface area contributed by atoms with Crippen molar-refractivity contribution in [3.05, 3.63) is 24.3 Å². The van der Waals surface area contributed by atoms with Gasteiger partial charge in [-0.2, -0.15) is 0 Å². The minimum absolute atomic E-state index is 0.201. The number of hydrogen-bond acceptors (Lipinski definition) is 4. The lowest BCUT2D eigenvalue weighted by Crippen LogP contribution is -2.43. The zero-order chi connectivity index (χ0) is 11.8. The van der Waals surface area contributed by atoms with E-state index in [9.17, 15) is 13.2 Å². The van der Waals surface area contributed by atoms with Crippen LogP contribution in [0.5, 0.6) is 0 Å². The maximum absolute atomic E-state index is 11.6. The molecule has 86 valence electrons. The van der Waals surface area contributed by atoms with Gasteiger partial charge in [0, 0.05) is 6.26 Å². The smallest absolute Gasteiger partial charge is 0.247 e. The van der Waals surface area contributed by atoms with Crippen molar-refractivity contribution in [1.29, 1.82) is 0 Å². The van der Waals surface area contributed by atoms with Gasteiger partial charge < -0.3 is 10.6 Å². The second-order valence-electron chi connectivity index (χ2n) is 3.82. The lowest BCUT2D eigenvalue weighted by atomic mass is 10.1. The maximum Gasteiger partial charge on any atom is 0.247 e. The molecule has 1 heterocycles. The van der Waals surface area contributed by atoms with E-state index in [1.165, 1.54) is 0 Å². The van der Waals surface area contributed by atoms with Gasteiger partial charge in [-0.1, -0.05) is 12.1 Å². The molecule has 0 spiro atoms. The van der Waals surface area contributed by atoms with E-state index in [1.807, 2.05) is 6.07 Å². The van der Waals surface area contributed by atoms with Crippen molar-refractivity contribution in [2.75, 3.05) is 22.6 Å². The molecule has 1 unspecified atom stereocenters. The van der Waals surface area contributed by atoms with Gasteiger partial charge in [0.05, 0.1) is 17.1 Å². The highest BCUT2D eigenvalue weighted by Gasteiger charge is 2.27. The number of sulfone groups is 1. The normalized spacial score (nSPS) is 19.6. The highest BCUT2D eigenvalue weighted by Crippen LogP contribution is 2.25. The lowest BCUT2D eigenvalue weighted by molar-refractivity contribution is -0.116. The Bertz CT molecular complexity index is 525. The number of nitrogens with one attached hydrogen (secondary N) is 2. The summed E-state index contributed by atoms with van der Waals surface area (Å²) < 4.78 is 22.3. The van der Waals surface area contributed by atoms with Crippen LogP contribution in [0.4, 0.5) is 11.4 Å². The molecule has 16 heavy (non-hydrogen) atoms. The SMILES string of the molecule is CS(=O)(=O)CC1Nc2ccccc2NC1=O. The van der Waals surface area contributed by atoms with Gasteiger partial charge in [-0.3, -0.25) is 4.79 Å². The van der Waals surface area contributed by atoms with Crippen LogP contribution in [0.1, 0.15) is 0 Å². The Balaban J connectivity index is 2.25. The number of hydrogen-bond donors (Lipinski definition) is 2. The Kier molecular flexibility index (Phi) is 2.59. The molecule has 1 atom stereocenters. The molecule has 1 aromatic rings. The summed E-state index contributed by atoms with van der Waals surface area (Å²) in [7, 11) is -3.18. The molecule has 0 aromatic heterocycles. The summed E-state index contributed by atoms with van der Waals surface area (Å²) in [5, 5.41) is 5.58. The van der Waals surface area contributed by atoms with Crippen molar-refractivity contribution < 1.29 is 13.2 Å². The summed E-state index contributed by atoms with van der Waals surface area (Å²) in [6.45, 7) is 0. The summed E-state index contributed by atoms with van der Waals surface area (Å²) >= 11 is 0. The number of rotatable bonds is 2. The third-order valence-corrected chi connectivity index (χ3v) is 3.24. The average molecular weight is 240 g/mol. The molecule has 0 bridgehead atoms. The maximum atomic E-state index is 11.6. The van der Waals surface area contributed by atoms with Gasteiger partial charge in [0.25, 0.3) is 0 Å². The number of amides is 1. The van der Waals surface area contributed by atoms with E-state index < -0.39 is 15.9 Å². The molecule has 1 aliphatic rings. The van der Waals surface area contributed by atoms with Crippen LogP contribution in [0.15, 0.2) is 24.3 Å². The van der Waals surface area contributed by atoms with Crippen LogP contribution in [0, 0.1) is 0 Å². The number of benzene rings is 1. The molecular formula is C10H12N2O3S. The van der Waals surface area contributed by atoms with Crippen LogP contribution in [0.2, 0.25) is 0 Å². The van der Waals surface area contributed by atoms with E-state index in [-0.39, 0.29) is 11.7 Å². The summed E-state index contributed by atoms with van der Waals surface area (Å²) in [6, 6.07) is 6.46. The van der Waals surface area contributed by atoms with Gasteiger partial charge in [0.1, 0.15) is 15.9 Å². The number of carbonyl (C=O) groups is 1. The third kappa shape index (κ3) is 2.33. The van der Waals surface area contributed by atoms with E-state index in [1.54, 1.807) is 18.2 Å². The van der Waals surface area contributed by atoms with Crippen molar-refractivity contribution in [2.45, 2.75) is 6.04 Å². The van der Waals surface area contributed by atoms with Gasteiger partial charge in [0.15, 0.2) is 0 Å². The van der Waals surface area contributed by atoms with Gasteiger partial charge in [0.2, 0.25) is 5.91 Å². The number of fused-ring (bicyclic) bond motifs is 1. The summed E-state index contributed by atoms with van der Waals surface area (Å²) in [6.07, 6.45) is 1.11. The van der Waals surface area contributed by atoms with E-state index in [0.29, 0.717) is 5.69 Å². The summed E-state index contributed by atoms with van der Waals surface area (Å²) in [5.41, 5.74) is 1.42. The second-order valence-corrected chi connectivity index (χ2v) is 6.01. The van der Waals surface area contributed by atoms with Crippen LogP contribution in [0.3, 0.4) is 0 Å². The molecule has 2 rings (SSSR count). The fraction of sp³-hybridized carbons (Fsp3) is 0.300. The Labute approximate surface area is 93.8 Å². The molecule has 1 aromatic carbocycles. The summed E-state index contributed by atoms with van der Waals surface area (Å²) in [4.78, 5) is 11.6. The van der Waals surface area contributed by atoms with Gasteiger partial charge in [-0.25, -0.2) is 8.42 Å². The predicted molar refractivity (Wildman–Crippen MR) is 62.2 cm³/mol. The summed E-state index contributed by atoms with van der Waals surface area (Å²) in [5.74, 6) is -0.517. The van der Waals surface area contributed by atoms with Crippen molar-refractivity contribution in [3.8, 4) is 0 Å². The Morgan fingerprint density at radius 2 is 1.88 bits per heavy atom. The van der Waals surface area contributed by atoms with Crippen molar-refractivity contribution >= 4 is 27.1 Å². The monoisotopic (exact) mass is 240 g/mol. The third-order valence-electron chi connectivity index (χ3n) is 2.30. The molecule has 2 N–H and O–H groups in total. The van der Waals surface area contributed by atoms with Gasteiger partial charge in [-0.15, -0.1) is 0 Å². The number of para-hydroxylation sites is 2. The topological polar surface area (TPSA) is 75.3 Å². The standard InChI is InChI=1S/C10H12N2O3S/c1-16(14,15)6-9-10(13)12-8-5-3-2-4-7(8)11-9/h2-5,9,11H,6H2,1H3,(H,12,13). The number of carbonyl (C=O) groups excluding carboxylic acids is 1. The van der Waals surface area contributed by atoms with Crippen LogP contribution in [0.25, 0.3) is 0 Å². The first-order valence-electron chi connectivity index (χ1n) is 4.80. The number of anilines is 2. The van der Waals surface area contributed by atoms with Gasteiger partial charge in [-0.05, 0) is 12.1 Å². The highest BCUT2D eigenvalue weighted by atomic mass is 32.2. The van der Waals surface area contributed by atoms with Crippen molar-refractivity contribution in [2.24, 2.45) is 0 Å². The lowest BCUT2D eigenvalue weighted by Gasteiger charge is -2.26. The van der Waals surface area contributed by atoms with Crippen LogP contribution >= 0.6 is 0 Å². The molecule has 0 radical (unpaired) electrons. The first-order valence-corrected chi connectivity index (χ1v) is 6.86. The molecule has 1 amide bonds. The van der Waals surface area contributed by atoms with E-state index in [4.69, 9.17) is 0 Å². The first kappa shape index (κ1) is 10.9. The molecule has 0 saturated heterocycles. The first-order chi connectivity index (χ1) is 7.46. The molecule has 0 fully saturated rings. The van der Waals surface area contributed by atoms with Crippen LogP contribution in [-0.4, -0.2) is 32.4 Å². The zero-order valence-corrected chi connectivity index (χ0v) is 9.54. The van der Waals surface area contributed by atoms with E-state index >= 15 is 0 Å². The average Bonchev–Trinajstić information content (AvgIpc) is 2.17. The zero-order valence-electron chi connectivity index (χ0n) is 8.73. The highest BCUT2D eigenvalue weighted by molar-refractivity contribution is 7.90. The molecular weight excluding hydrogens is 228 g/mol. The van der Waals surface area contributed by atoms with E-state index in [0.717, 1.165) is 11.9 Å². The molecule has 0 aliphatic carbocycles. The fourth-order valence-corrected chi connectivity index (χ4v) is 2.45. The molecule has 6 heteroatoms. The van der Waals surface area contributed by atoms with Crippen LogP contribution < -0.4 is 10.6 Å². The largest absolute Gasteiger partial charge is 0.371 e. The van der Waals surface area contributed by atoms with E-state index in [2.05, 4.69) is 10.6 Å². The van der Waals surface area contributed by atoms with Gasteiger partial charge >= 0.3 is 0 Å². The molecule has 0 saturated carbocycles. The van der Waals surface area contributed by atoms with Crippen molar-refractivity contribution in [1.82, 2.24) is 0 Å². The minimum Gasteiger partial charge on any atom is -0.371 e.